The summed E-state index contributed by atoms with van der Waals surface area (Å²) < 4.78 is 0. The molecule has 0 radical (unpaired) electrons. The van der Waals surface area contributed by atoms with Crippen molar-refractivity contribution in [3.8, 4) is 0 Å². The quantitative estimate of drug-likeness (QED) is 0.809. The minimum absolute atomic E-state index is 0.105. The van der Waals surface area contributed by atoms with Crippen LogP contribution in [-0.4, -0.2) is 35.8 Å². The van der Waals surface area contributed by atoms with Gasteiger partial charge in [-0.25, -0.2) is 0 Å². The molecular weight excluding hydrogens is 350 g/mol. The summed E-state index contributed by atoms with van der Waals surface area (Å²) in [7, 11) is 2.12. The van der Waals surface area contributed by atoms with Crippen molar-refractivity contribution in [1.29, 1.82) is 0 Å². The number of carbonyl (C=O) groups excluding carboxylic acids is 2. The molecule has 2 fully saturated rings. The predicted molar refractivity (Wildman–Crippen MR) is 109 cm³/mol. The molecule has 0 saturated carbocycles. The Morgan fingerprint density at radius 2 is 1.68 bits per heavy atom. The number of nitrogens with zero attached hydrogens (tertiary/aromatic N) is 1. The number of rotatable bonds is 3. The Labute approximate surface area is 166 Å². The van der Waals surface area contributed by atoms with Gasteiger partial charge in [0.1, 0.15) is 0 Å². The van der Waals surface area contributed by atoms with Crippen molar-refractivity contribution in [2.75, 3.05) is 7.05 Å². The van der Waals surface area contributed by atoms with E-state index in [9.17, 15) is 9.59 Å². The zero-order valence-corrected chi connectivity index (χ0v) is 16.4. The van der Waals surface area contributed by atoms with E-state index in [1.54, 1.807) is 24.3 Å². The lowest BCUT2D eigenvalue weighted by Gasteiger charge is -2.42. The normalized spacial score (nSPS) is 26.6. The molecule has 4 unspecified atom stereocenters. The number of piperidine rings is 1. The largest absolute Gasteiger partial charge is 0.300 e. The van der Waals surface area contributed by atoms with E-state index in [1.165, 1.54) is 11.1 Å². The third-order valence-corrected chi connectivity index (χ3v) is 6.41. The predicted octanol–water partition coefficient (Wildman–Crippen LogP) is 3.02. The van der Waals surface area contributed by atoms with Gasteiger partial charge in [0.05, 0.1) is 5.92 Å². The van der Waals surface area contributed by atoms with Crippen LogP contribution in [0.5, 0.6) is 0 Å². The first-order chi connectivity index (χ1) is 13.5. The smallest absolute Gasteiger partial charge is 0.269 e. The van der Waals surface area contributed by atoms with Crippen LogP contribution in [0.1, 0.15) is 46.7 Å². The van der Waals surface area contributed by atoms with Gasteiger partial charge >= 0.3 is 0 Å². The van der Waals surface area contributed by atoms with Crippen LogP contribution in [0, 0.1) is 12.8 Å². The van der Waals surface area contributed by atoms with Crippen LogP contribution >= 0.6 is 0 Å². The second kappa shape index (κ2) is 7.76. The van der Waals surface area contributed by atoms with E-state index < -0.39 is 0 Å². The second-order valence-corrected chi connectivity index (χ2v) is 8.05. The summed E-state index contributed by atoms with van der Waals surface area (Å²) >= 11 is 0. The fourth-order valence-corrected chi connectivity index (χ4v) is 4.84. The molecule has 2 aliphatic heterocycles. The van der Waals surface area contributed by atoms with Crippen molar-refractivity contribution in [3.05, 3.63) is 71.3 Å². The maximum atomic E-state index is 13.2. The van der Waals surface area contributed by atoms with Crippen molar-refractivity contribution in [2.45, 2.75) is 44.2 Å². The van der Waals surface area contributed by atoms with Crippen LogP contribution in [-0.2, 0) is 4.79 Å². The molecule has 2 aliphatic rings. The summed E-state index contributed by atoms with van der Waals surface area (Å²) in [4.78, 5) is 27.8. The van der Waals surface area contributed by atoms with Crippen molar-refractivity contribution >= 4 is 11.8 Å². The van der Waals surface area contributed by atoms with Gasteiger partial charge < -0.3 is 0 Å². The maximum absolute atomic E-state index is 13.2. The van der Waals surface area contributed by atoms with Crippen LogP contribution in [0.2, 0.25) is 0 Å². The molecule has 2 saturated heterocycles. The summed E-state index contributed by atoms with van der Waals surface area (Å²) in [5.74, 6) is -0.410. The van der Waals surface area contributed by atoms with Crippen LogP contribution < -0.4 is 10.9 Å². The first kappa shape index (κ1) is 18.7. The molecule has 146 valence electrons. The summed E-state index contributed by atoms with van der Waals surface area (Å²) in [5, 5.41) is 0. The van der Waals surface area contributed by atoms with Gasteiger partial charge in [-0.05, 0) is 56.8 Å². The molecule has 0 spiro atoms. The maximum Gasteiger partial charge on any atom is 0.269 e. The third-order valence-electron chi connectivity index (χ3n) is 6.41. The Hall–Kier alpha value is -2.66. The van der Waals surface area contributed by atoms with Gasteiger partial charge in [-0.2, -0.15) is 0 Å². The van der Waals surface area contributed by atoms with E-state index in [4.69, 9.17) is 0 Å². The molecule has 2 aromatic carbocycles. The average molecular weight is 377 g/mol. The summed E-state index contributed by atoms with van der Waals surface area (Å²) in [6.45, 7) is 2.07. The lowest BCUT2D eigenvalue weighted by molar-refractivity contribution is -0.130. The number of carbonyl (C=O) groups is 2. The number of benzene rings is 2. The average Bonchev–Trinajstić information content (AvgIpc) is 2.95. The zero-order chi connectivity index (χ0) is 19.7. The van der Waals surface area contributed by atoms with Crippen molar-refractivity contribution < 1.29 is 9.59 Å². The molecule has 4 rings (SSSR count). The highest BCUT2D eigenvalue weighted by atomic mass is 16.2. The highest BCUT2D eigenvalue weighted by Gasteiger charge is 2.49. The lowest BCUT2D eigenvalue weighted by Crippen LogP contribution is -2.54. The number of aryl methyl sites for hydroxylation is 1. The van der Waals surface area contributed by atoms with E-state index in [-0.39, 0.29) is 29.7 Å². The van der Waals surface area contributed by atoms with Gasteiger partial charge in [-0.3, -0.25) is 25.3 Å². The lowest BCUT2D eigenvalue weighted by atomic mass is 9.75. The third kappa shape index (κ3) is 3.54. The first-order valence-corrected chi connectivity index (χ1v) is 9.98. The molecular formula is C23H27N3O2. The standard InChI is InChI=1S/C23H27N3O2/c1-15-8-10-16(11-9-15)19-14-18-12-13-20(26(18)2)21(19)23(28)25-24-22(27)17-6-4-3-5-7-17/h3-11,18-21H,12-14H2,1-2H3,(H,24,27)(H,25,28). The Bertz CT molecular complexity index is 850. The molecule has 2 bridgehead atoms. The van der Waals surface area contributed by atoms with Crippen molar-refractivity contribution in [1.82, 2.24) is 15.8 Å². The molecule has 5 nitrogen and oxygen atoms in total. The molecule has 2 aromatic rings. The highest BCUT2D eigenvalue weighted by Crippen LogP contribution is 2.46. The number of nitrogens with one attached hydrogen (secondary N) is 2. The van der Waals surface area contributed by atoms with E-state index >= 15 is 0 Å². The fraction of sp³-hybridized carbons (Fsp3) is 0.391. The summed E-state index contributed by atoms with van der Waals surface area (Å²) in [6, 6.07) is 18.2. The Balaban J connectivity index is 1.52. The van der Waals surface area contributed by atoms with Crippen molar-refractivity contribution in [3.63, 3.8) is 0 Å². The second-order valence-electron chi connectivity index (χ2n) is 8.05. The first-order valence-electron chi connectivity index (χ1n) is 9.98. The molecule has 28 heavy (non-hydrogen) atoms. The molecule has 4 atom stereocenters. The van der Waals surface area contributed by atoms with Crippen LogP contribution in [0.15, 0.2) is 54.6 Å². The Morgan fingerprint density at radius 1 is 0.964 bits per heavy atom. The van der Waals surface area contributed by atoms with Crippen LogP contribution in [0.25, 0.3) is 0 Å². The number of hydrazine groups is 1. The van der Waals surface area contributed by atoms with Gasteiger partial charge in [0.15, 0.2) is 0 Å². The van der Waals surface area contributed by atoms with Crippen molar-refractivity contribution in [2.24, 2.45) is 5.92 Å². The number of fused-ring (bicyclic) bond motifs is 2. The Kier molecular flexibility index (Phi) is 5.18. The monoisotopic (exact) mass is 377 g/mol. The van der Waals surface area contributed by atoms with E-state index in [1.807, 2.05) is 6.07 Å². The minimum atomic E-state index is -0.297. The Morgan fingerprint density at radius 3 is 2.39 bits per heavy atom. The van der Waals surface area contributed by atoms with E-state index in [0.29, 0.717) is 11.6 Å². The number of amides is 2. The van der Waals surface area contributed by atoms with Gasteiger partial charge in [0.2, 0.25) is 5.91 Å². The van der Waals surface area contributed by atoms with E-state index in [0.717, 1.165) is 19.3 Å². The number of hydrogen-bond donors (Lipinski definition) is 2. The molecule has 2 heterocycles. The number of hydrogen-bond acceptors (Lipinski definition) is 3. The SMILES string of the molecule is Cc1ccc(C2CC3CCC(C2C(=O)NNC(=O)c2ccccc2)N3C)cc1. The topological polar surface area (TPSA) is 61.4 Å². The highest BCUT2D eigenvalue weighted by molar-refractivity contribution is 5.95. The molecule has 0 aliphatic carbocycles. The van der Waals surface area contributed by atoms with Gasteiger partial charge in [0.25, 0.3) is 5.91 Å². The van der Waals surface area contributed by atoms with Gasteiger partial charge in [-0.15, -0.1) is 0 Å². The summed E-state index contributed by atoms with van der Waals surface area (Å²) in [5.41, 5.74) is 8.25. The molecule has 5 heteroatoms. The molecule has 2 amide bonds. The van der Waals surface area contributed by atoms with Gasteiger partial charge in [-0.1, -0.05) is 48.0 Å². The van der Waals surface area contributed by atoms with E-state index in [2.05, 4.69) is 54.0 Å². The van der Waals surface area contributed by atoms with Crippen LogP contribution in [0.3, 0.4) is 0 Å². The van der Waals surface area contributed by atoms with Gasteiger partial charge in [0, 0.05) is 17.6 Å². The van der Waals surface area contributed by atoms with Crippen LogP contribution in [0.4, 0.5) is 0 Å². The fourth-order valence-electron chi connectivity index (χ4n) is 4.84. The molecule has 0 aromatic heterocycles. The zero-order valence-electron chi connectivity index (χ0n) is 16.4. The minimum Gasteiger partial charge on any atom is -0.300 e. The molecule has 2 N–H and O–H groups in total. The summed E-state index contributed by atoms with van der Waals surface area (Å²) in [6.07, 6.45) is 3.12.